The first-order valence-electron chi connectivity index (χ1n) is 6.37. The van der Waals surface area contributed by atoms with Gasteiger partial charge in [-0.2, -0.15) is 0 Å². The van der Waals surface area contributed by atoms with E-state index in [2.05, 4.69) is 23.6 Å². The van der Waals surface area contributed by atoms with Crippen LogP contribution < -0.4 is 0 Å². The van der Waals surface area contributed by atoms with E-state index in [1.807, 2.05) is 0 Å². The van der Waals surface area contributed by atoms with Gasteiger partial charge in [-0.25, -0.2) is 0 Å². The van der Waals surface area contributed by atoms with Gasteiger partial charge in [-0.15, -0.1) is 0 Å². The van der Waals surface area contributed by atoms with Crippen LogP contribution in [0, 0.1) is 0 Å². The van der Waals surface area contributed by atoms with Crippen molar-refractivity contribution in [2.24, 2.45) is 0 Å². The van der Waals surface area contributed by atoms with Gasteiger partial charge in [0.2, 0.25) is 0 Å². The Hall–Kier alpha value is 0.434. The van der Waals surface area contributed by atoms with Crippen molar-refractivity contribution in [2.75, 3.05) is 0 Å². The largest absolute Gasteiger partial charge is 0.0654 e. The number of unbranched alkanes of at least 4 members (excludes halogenated alkanes) is 6. The lowest BCUT2D eigenvalue weighted by Crippen LogP contribution is -2.11. The van der Waals surface area contributed by atoms with Crippen LogP contribution in [0.3, 0.4) is 0 Å². The van der Waals surface area contributed by atoms with Gasteiger partial charge in [0.15, 0.2) is 0 Å². The second kappa shape index (κ2) is 11.5. The van der Waals surface area contributed by atoms with E-state index in [4.69, 9.17) is 0 Å². The maximum Gasteiger partial charge on any atom is 0.0303 e. The van der Waals surface area contributed by atoms with Crippen LogP contribution in [-0.4, -0.2) is 18.1 Å². The van der Waals surface area contributed by atoms with Gasteiger partial charge in [-0.1, -0.05) is 77.3 Å². The van der Waals surface area contributed by atoms with Crippen LogP contribution in [-0.2, 0) is 0 Å². The summed E-state index contributed by atoms with van der Waals surface area (Å²) in [4.78, 5) is 0. The van der Waals surface area contributed by atoms with Gasteiger partial charge < -0.3 is 0 Å². The molecule has 0 nitrogen and oxygen atoms in total. The Bertz CT molecular complexity index is 92.5. The van der Waals surface area contributed by atoms with Crippen LogP contribution in [0.5, 0.6) is 0 Å². The van der Waals surface area contributed by atoms with Gasteiger partial charge in [0, 0.05) is 18.1 Å². The molecule has 14 heavy (non-hydrogen) atoms. The molecule has 0 fully saturated rings. The molecule has 0 aliphatic rings. The highest BCUT2D eigenvalue weighted by Crippen LogP contribution is 2.11. The summed E-state index contributed by atoms with van der Waals surface area (Å²) in [7, 11) is 3.79. The van der Waals surface area contributed by atoms with Gasteiger partial charge in [0.1, 0.15) is 0 Å². The molecule has 4 radical (unpaired) electrons. The molecule has 0 aliphatic carbocycles. The van der Waals surface area contributed by atoms with Crippen molar-refractivity contribution in [3.8, 4) is 0 Å². The molecule has 0 bridgehead atoms. The molecule has 0 unspecified atom stereocenters. The lowest BCUT2D eigenvalue weighted by atomic mass is 10.2. The Labute approximate surface area is 95.7 Å². The Kier molecular flexibility index (Phi) is 11.9. The summed E-state index contributed by atoms with van der Waals surface area (Å²) in [6.07, 6.45) is 11.4. The molecule has 0 spiro atoms. The molecule has 0 rings (SSSR count). The highest BCUT2D eigenvalue weighted by molar-refractivity contribution is 7.03. The normalized spacial score (nSPS) is 11.1. The van der Waals surface area contributed by atoms with Crippen molar-refractivity contribution in [3.63, 3.8) is 0 Å². The van der Waals surface area contributed by atoms with Crippen LogP contribution in [0.15, 0.2) is 0 Å². The second-order valence-electron chi connectivity index (χ2n) is 4.22. The van der Waals surface area contributed by atoms with E-state index in [0.717, 1.165) is 0 Å². The summed E-state index contributed by atoms with van der Waals surface area (Å²) in [6, 6.07) is 2.96. The minimum Gasteiger partial charge on any atom is -0.0654 e. The Morgan fingerprint density at radius 2 is 1.14 bits per heavy atom. The van der Waals surface area contributed by atoms with Crippen LogP contribution in [0.1, 0.15) is 65.2 Å². The first-order valence-corrected chi connectivity index (χ1v) is 9.79. The summed E-state index contributed by atoms with van der Waals surface area (Å²) in [5.74, 6) is 0. The molecule has 0 amide bonds. The highest BCUT2D eigenvalue weighted by Gasteiger charge is 2.03. The van der Waals surface area contributed by atoms with Gasteiger partial charge in [0.05, 0.1) is 0 Å². The maximum absolute atomic E-state index is 3.93. The Morgan fingerprint density at radius 3 is 1.50 bits per heavy atom. The molecule has 0 heterocycles. The summed E-state index contributed by atoms with van der Waals surface area (Å²) in [5.41, 5.74) is 0. The molecule has 0 saturated carbocycles. The second-order valence-corrected chi connectivity index (χ2v) is 8.55. The standard InChI is InChI=1S/C12H26Si2/c1-3-5-7-9-11-14(13)12-10-8-6-4-2/h3-12H2,1-2H3. The minimum absolute atomic E-state index is 0.145. The number of rotatable bonds is 10. The lowest BCUT2D eigenvalue weighted by molar-refractivity contribution is 0.688. The SMILES string of the molecule is CCCCCC[Si]([Si])CCCCCC. The van der Waals surface area contributed by atoms with Crippen LogP contribution >= 0.6 is 0 Å². The number of hydrogen-bond donors (Lipinski definition) is 0. The zero-order valence-corrected chi connectivity index (χ0v) is 12.1. The molecule has 82 valence electrons. The lowest BCUT2D eigenvalue weighted by Gasteiger charge is -2.08. The molecular weight excluding hydrogens is 200 g/mol. The van der Waals surface area contributed by atoms with Gasteiger partial charge in [-0.05, 0) is 0 Å². The van der Waals surface area contributed by atoms with Crippen molar-refractivity contribution in [1.82, 2.24) is 0 Å². The molecule has 0 N–H and O–H groups in total. The minimum atomic E-state index is -0.145. The predicted octanol–water partition coefficient (Wildman–Crippen LogP) is 4.31. The zero-order valence-electron chi connectivity index (χ0n) is 10.1. The van der Waals surface area contributed by atoms with Gasteiger partial charge >= 0.3 is 0 Å². The molecule has 0 aromatic heterocycles. The van der Waals surface area contributed by atoms with E-state index in [0.29, 0.717) is 0 Å². The van der Waals surface area contributed by atoms with E-state index >= 15 is 0 Å². The molecule has 0 atom stereocenters. The van der Waals surface area contributed by atoms with E-state index < -0.39 is 0 Å². The summed E-state index contributed by atoms with van der Waals surface area (Å²) in [6.45, 7) is 4.56. The van der Waals surface area contributed by atoms with Crippen LogP contribution in [0.4, 0.5) is 0 Å². The van der Waals surface area contributed by atoms with Crippen molar-refractivity contribution < 1.29 is 0 Å². The molecule has 2 heteroatoms. The highest BCUT2D eigenvalue weighted by atomic mass is 29.1. The summed E-state index contributed by atoms with van der Waals surface area (Å²) in [5, 5.41) is 0. The fraction of sp³-hybridized carbons (Fsp3) is 1.00. The van der Waals surface area contributed by atoms with Crippen molar-refractivity contribution in [3.05, 3.63) is 0 Å². The molecule has 0 aromatic rings. The third-order valence-corrected chi connectivity index (χ3v) is 6.08. The summed E-state index contributed by atoms with van der Waals surface area (Å²) >= 11 is 0. The van der Waals surface area contributed by atoms with Gasteiger partial charge in [0.25, 0.3) is 0 Å². The average molecular weight is 227 g/mol. The van der Waals surface area contributed by atoms with E-state index in [-0.39, 0.29) is 8.31 Å². The third-order valence-electron chi connectivity index (χ3n) is 2.66. The Balaban J connectivity index is 3.07. The first kappa shape index (κ1) is 14.4. The third kappa shape index (κ3) is 10.5. The topological polar surface area (TPSA) is 0 Å². The van der Waals surface area contributed by atoms with Crippen molar-refractivity contribution in [1.29, 1.82) is 0 Å². The first-order chi connectivity index (χ1) is 6.81. The smallest absolute Gasteiger partial charge is 0.0303 e. The van der Waals surface area contributed by atoms with E-state index in [1.54, 1.807) is 0 Å². The molecule has 0 aliphatic heterocycles. The van der Waals surface area contributed by atoms with E-state index in [9.17, 15) is 0 Å². The van der Waals surface area contributed by atoms with Gasteiger partial charge in [-0.3, -0.25) is 0 Å². The fourth-order valence-electron chi connectivity index (χ4n) is 1.66. The Morgan fingerprint density at radius 1 is 0.714 bits per heavy atom. The van der Waals surface area contributed by atoms with Crippen molar-refractivity contribution >= 4 is 18.1 Å². The predicted molar refractivity (Wildman–Crippen MR) is 69.4 cm³/mol. The average Bonchev–Trinajstić information content (AvgIpc) is 2.19. The monoisotopic (exact) mass is 226 g/mol. The van der Waals surface area contributed by atoms with E-state index in [1.165, 1.54) is 63.5 Å². The number of hydrogen-bond acceptors (Lipinski definition) is 0. The molecule has 0 saturated heterocycles. The van der Waals surface area contributed by atoms with Crippen LogP contribution in [0.25, 0.3) is 0 Å². The molecule has 0 aromatic carbocycles. The molecular formula is C12H26Si2. The van der Waals surface area contributed by atoms with Crippen LogP contribution in [0.2, 0.25) is 12.1 Å². The summed E-state index contributed by atoms with van der Waals surface area (Å²) < 4.78 is 0. The quantitative estimate of drug-likeness (QED) is 0.385. The fourth-order valence-corrected chi connectivity index (χ4v) is 4.32. The maximum atomic E-state index is 3.93. The zero-order chi connectivity index (χ0) is 10.6. The van der Waals surface area contributed by atoms with Crippen molar-refractivity contribution in [2.45, 2.75) is 77.3 Å².